The van der Waals surface area contributed by atoms with Crippen LogP contribution in [0.5, 0.6) is 5.75 Å². The van der Waals surface area contributed by atoms with E-state index in [1.54, 1.807) is 48.8 Å². The Morgan fingerprint density at radius 3 is 2.60 bits per heavy atom. The number of rotatable bonds is 6. The number of fused-ring (bicyclic) bond motifs is 1. The average Bonchev–Trinajstić information content (AvgIpc) is 3.03. The molecule has 3 amide bonds. The van der Waals surface area contributed by atoms with Gasteiger partial charge in [0.1, 0.15) is 5.75 Å². The fraction of sp³-hybridized carbons (Fsp3) is 0.130. The van der Waals surface area contributed by atoms with Crippen molar-refractivity contribution >= 4 is 23.4 Å². The number of aromatic nitrogens is 1. The monoisotopic (exact) mass is 401 g/mol. The Balaban J connectivity index is 1.59. The Morgan fingerprint density at radius 2 is 1.83 bits per heavy atom. The van der Waals surface area contributed by atoms with Crippen molar-refractivity contribution in [1.29, 1.82) is 0 Å². The van der Waals surface area contributed by atoms with Gasteiger partial charge >= 0.3 is 0 Å². The molecule has 0 radical (unpaired) electrons. The molecule has 150 valence electrons. The van der Waals surface area contributed by atoms with Crippen LogP contribution >= 0.6 is 0 Å². The Kier molecular flexibility index (Phi) is 5.26. The van der Waals surface area contributed by atoms with Gasteiger partial charge in [-0.2, -0.15) is 0 Å². The molecular weight excluding hydrogens is 382 g/mol. The third-order valence-corrected chi connectivity index (χ3v) is 4.73. The molecular formula is C23H19N3O4. The van der Waals surface area contributed by atoms with Crippen LogP contribution in [0.25, 0.3) is 0 Å². The molecule has 1 aliphatic rings. The maximum Gasteiger partial charge on any atom is 0.266 e. The van der Waals surface area contributed by atoms with E-state index in [0.717, 1.165) is 10.5 Å². The maximum atomic E-state index is 13.0. The fourth-order valence-corrected chi connectivity index (χ4v) is 3.31. The Bertz CT molecular complexity index is 1130. The minimum atomic E-state index is -0.482. The second-order valence-corrected chi connectivity index (χ2v) is 6.65. The number of carbonyl (C=O) groups is 3. The van der Waals surface area contributed by atoms with E-state index in [-0.39, 0.29) is 17.0 Å². The highest BCUT2D eigenvalue weighted by Crippen LogP contribution is 2.35. The van der Waals surface area contributed by atoms with Crippen molar-refractivity contribution in [3.05, 3.63) is 89.2 Å². The lowest BCUT2D eigenvalue weighted by atomic mass is 10.1. The molecule has 0 unspecified atom stereocenters. The Labute approximate surface area is 173 Å². The van der Waals surface area contributed by atoms with Crippen LogP contribution < -0.4 is 15.0 Å². The number of amides is 3. The lowest BCUT2D eigenvalue weighted by Gasteiger charge is -2.17. The predicted molar refractivity (Wildman–Crippen MR) is 111 cm³/mol. The summed E-state index contributed by atoms with van der Waals surface area (Å²) in [4.78, 5) is 43.6. The second-order valence-electron chi connectivity index (χ2n) is 6.65. The molecule has 7 heteroatoms. The number of hydrogen-bond donors (Lipinski definition) is 1. The summed E-state index contributed by atoms with van der Waals surface area (Å²) in [5, 5.41) is 2.79. The summed E-state index contributed by atoms with van der Waals surface area (Å²) in [6.07, 6.45) is 3.32. The number of benzene rings is 2. The lowest BCUT2D eigenvalue weighted by Crippen LogP contribution is -2.29. The van der Waals surface area contributed by atoms with E-state index in [1.807, 2.05) is 13.0 Å². The topological polar surface area (TPSA) is 88.6 Å². The Hall–Kier alpha value is -4.00. The number of imide groups is 1. The van der Waals surface area contributed by atoms with E-state index in [4.69, 9.17) is 4.74 Å². The van der Waals surface area contributed by atoms with Crippen LogP contribution in [-0.2, 0) is 6.54 Å². The molecule has 0 bridgehead atoms. The average molecular weight is 401 g/mol. The minimum Gasteiger partial charge on any atom is -0.492 e. The van der Waals surface area contributed by atoms with Crippen LogP contribution in [0.4, 0.5) is 5.69 Å². The normalized spacial score (nSPS) is 12.6. The molecule has 0 fully saturated rings. The zero-order valence-corrected chi connectivity index (χ0v) is 16.3. The molecule has 0 saturated carbocycles. The zero-order valence-electron chi connectivity index (χ0n) is 16.3. The molecule has 2 heterocycles. The van der Waals surface area contributed by atoms with Crippen LogP contribution in [0, 0.1) is 0 Å². The zero-order chi connectivity index (χ0) is 21.1. The van der Waals surface area contributed by atoms with Crippen LogP contribution in [0.1, 0.15) is 43.6 Å². The highest BCUT2D eigenvalue weighted by molar-refractivity contribution is 6.35. The summed E-state index contributed by atoms with van der Waals surface area (Å²) in [6.45, 7) is 2.54. The molecule has 30 heavy (non-hydrogen) atoms. The second kappa shape index (κ2) is 8.16. The summed E-state index contributed by atoms with van der Waals surface area (Å²) >= 11 is 0. The highest BCUT2D eigenvalue weighted by Gasteiger charge is 2.38. The first kappa shape index (κ1) is 19.3. The van der Waals surface area contributed by atoms with Crippen LogP contribution in [-0.4, -0.2) is 29.3 Å². The number of hydrogen-bond acceptors (Lipinski definition) is 5. The van der Waals surface area contributed by atoms with Gasteiger partial charge in [-0.05, 0) is 48.9 Å². The van der Waals surface area contributed by atoms with Gasteiger partial charge in [-0.15, -0.1) is 0 Å². The first-order valence-corrected chi connectivity index (χ1v) is 9.52. The van der Waals surface area contributed by atoms with Gasteiger partial charge in [0, 0.05) is 24.5 Å². The van der Waals surface area contributed by atoms with Gasteiger partial charge in [0.15, 0.2) is 0 Å². The van der Waals surface area contributed by atoms with Crippen LogP contribution in [0.15, 0.2) is 67.0 Å². The number of para-hydroxylation sites is 2. The number of pyridine rings is 1. The van der Waals surface area contributed by atoms with Gasteiger partial charge < -0.3 is 10.1 Å². The van der Waals surface area contributed by atoms with Crippen LogP contribution in [0.3, 0.4) is 0 Å². The summed E-state index contributed by atoms with van der Waals surface area (Å²) in [5.41, 5.74) is 2.00. The van der Waals surface area contributed by atoms with E-state index < -0.39 is 11.8 Å². The number of ether oxygens (including phenoxy) is 1. The van der Waals surface area contributed by atoms with Crippen molar-refractivity contribution in [3.8, 4) is 5.75 Å². The van der Waals surface area contributed by atoms with Gasteiger partial charge in [-0.25, -0.2) is 4.90 Å². The van der Waals surface area contributed by atoms with Gasteiger partial charge in [-0.3, -0.25) is 19.4 Å². The van der Waals surface area contributed by atoms with E-state index in [2.05, 4.69) is 10.3 Å². The molecule has 3 aromatic rings. The maximum absolute atomic E-state index is 13.0. The molecule has 0 atom stereocenters. The summed E-state index contributed by atoms with van der Waals surface area (Å²) in [6, 6.07) is 15.0. The summed E-state index contributed by atoms with van der Waals surface area (Å²) in [7, 11) is 0. The molecule has 1 aliphatic heterocycles. The number of nitrogens with one attached hydrogen (secondary N) is 1. The van der Waals surface area contributed by atoms with Crippen LogP contribution in [0.2, 0.25) is 0 Å². The molecule has 0 aliphatic carbocycles. The molecule has 0 saturated heterocycles. The van der Waals surface area contributed by atoms with E-state index in [0.29, 0.717) is 30.2 Å². The third-order valence-electron chi connectivity index (χ3n) is 4.73. The molecule has 0 spiro atoms. The highest BCUT2D eigenvalue weighted by atomic mass is 16.5. The lowest BCUT2D eigenvalue weighted by molar-refractivity contribution is 0.0922. The number of nitrogens with zero attached hydrogens (tertiary/aromatic N) is 2. The Morgan fingerprint density at radius 1 is 1.03 bits per heavy atom. The van der Waals surface area contributed by atoms with Crippen molar-refractivity contribution in [2.45, 2.75) is 13.5 Å². The molecule has 1 aromatic heterocycles. The largest absolute Gasteiger partial charge is 0.492 e. The van der Waals surface area contributed by atoms with Crippen molar-refractivity contribution in [1.82, 2.24) is 10.3 Å². The summed E-state index contributed by atoms with van der Waals surface area (Å²) in [5.74, 6) is -0.812. The SMILES string of the molecule is CCOc1ccccc1N1C(=O)c2ccc(C(=O)NCc3cccnc3)cc2C1=O. The number of anilines is 1. The first-order valence-electron chi connectivity index (χ1n) is 9.52. The molecule has 1 N–H and O–H groups in total. The fourth-order valence-electron chi connectivity index (χ4n) is 3.31. The third kappa shape index (κ3) is 3.53. The van der Waals surface area contributed by atoms with Gasteiger partial charge in [0.2, 0.25) is 0 Å². The van der Waals surface area contributed by atoms with E-state index in [9.17, 15) is 14.4 Å². The van der Waals surface area contributed by atoms with Gasteiger partial charge in [0.25, 0.3) is 17.7 Å². The van der Waals surface area contributed by atoms with Crippen molar-refractivity contribution in [3.63, 3.8) is 0 Å². The standard InChI is InChI=1S/C23H19N3O4/c1-2-30-20-8-4-3-7-19(20)26-22(28)17-10-9-16(12-18(17)23(26)29)21(27)25-14-15-6-5-11-24-13-15/h3-13H,2,14H2,1H3,(H,25,27). The molecule has 7 nitrogen and oxygen atoms in total. The minimum absolute atomic E-state index is 0.195. The van der Waals surface area contributed by atoms with Crippen molar-refractivity contribution in [2.75, 3.05) is 11.5 Å². The first-order chi connectivity index (χ1) is 14.6. The number of carbonyl (C=O) groups excluding carboxylic acids is 3. The van der Waals surface area contributed by atoms with Crippen molar-refractivity contribution < 1.29 is 19.1 Å². The van der Waals surface area contributed by atoms with E-state index >= 15 is 0 Å². The molecule has 4 rings (SSSR count). The van der Waals surface area contributed by atoms with Crippen molar-refractivity contribution in [2.24, 2.45) is 0 Å². The van der Waals surface area contributed by atoms with Gasteiger partial charge in [-0.1, -0.05) is 18.2 Å². The molecule has 2 aromatic carbocycles. The predicted octanol–water partition coefficient (Wildman–Crippen LogP) is 3.21. The van der Waals surface area contributed by atoms with Gasteiger partial charge in [0.05, 0.1) is 23.4 Å². The quantitative estimate of drug-likeness (QED) is 0.641. The van der Waals surface area contributed by atoms with E-state index in [1.165, 1.54) is 12.1 Å². The summed E-state index contributed by atoms with van der Waals surface area (Å²) < 4.78 is 5.57. The smallest absolute Gasteiger partial charge is 0.266 e.